The van der Waals surface area contributed by atoms with Crippen LogP contribution in [-0.4, -0.2) is 24.2 Å². The standard InChI is InChI=1S/C14H14ClNO3/c1-3-18-12-8-11(14(17)19-4-2)16-13-9(12)6-5-7-10(13)15/h5-8H,3-4H2,1-2H3. The molecule has 0 aliphatic heterocycles. The predicted octanol–water partition coefficient (Wildman–Crippen LogP) is 3.46. The van der Waals surface area contributed by atoms with E-state index in [0.717, 1.165) is 5.39 Å². The van der Waals surface area contributed by atoms with E-state index < -0.39 is 5.97 Å². The molecule has 0 aliphatic rings. The van der Waals surface area contributed by atoms with Crippen molar-refractivity contribution in [3.05, 3.63) is 35.0 Å². The Balaban J connectivity index is 2.62. The molecule has 0 saturated heterocycles. The van der Waals surface area contributed by atoms with Gasteiger partial charge in [-0.05, 0) is 26.0 Å². The van der Waals surface area contributed by atoms with Crippen LogP contribution in [0.3, 0.4) is 0 Å². The van der Waals surface area contributed by atoms with Gasteiger partial charge in [-0.1, -0.05) is 17.7 Å². The molecule has 2 rings (SSSR count). The maximum atomic E-state index is 11.8. The Morgan fingerprint density at radius 1 is 1.32 bits per heavy atom. The van der Waals surface area contributed by atoms with Crippen molar-refractivity contribution in [2.45, 2.75) is 13.8 Å². The second-order valence-corrected chi connectivity index (χ2v) is 4.20. The van der Waals surface area contributed by atoms with E-state index in [2.05, 4.69) is 4.98 Å². The Bertz CT molecular complexity index is 613. The Kier molecular flexibility index (Phi) is 4.22. The van der Waals surface area contributed by atoms with Crippen LogP contribution in [0.25, 0.3) is 10.9 Å². The van der Waals surface area contributed by atoms with Crippen molar-refractivity contribution < 1.29 is 14.3 Å². The van der Waals surface area contributed by atoms with E-state index in [1.54, 1.807) is 19.1 Å². The first-order chi connectivity index (χ1) is 9.17. The molecule has 2 aromatic rings. The summed E-state index contributed by atoms with van der Waals surface area (Å²) in [5.74, 6) is 0.100. The van der Waals surface area contributed by atoms with Crippen LogP contribution in [0.2, 0.25) is 5.02 Å². The summed E-state index contributed by atoms with van der Waals surface area (Å²) in [6.07, 6.45) is 0. The van der Waals surface area contributed by atoms with Crippen molar-refractivity contribution in [3.63, 3.8) is 0 Å². The highest BCUT2D eigenvalue weighted by molar-refractivity contribution is 6.35. The van der Waals surface area contributed by atoms with Gasteiger partial charge in [-0.15, -0.1) is 0 Å². The van der Waals surface area contributed by atoms with Gasteiger partial charge in [0.1, 0.15) is 5.75 Å². The highest BCUT2D eigenvalue weighted by Crippen LogP contribution is 2.30. The van der Waals surface area contributed by atoms with Crippen molar-refractivity contribution in [2.75, 3.05) is 13.2 Å². The molecular weight excluding hydrogens is 266 g/mol. The summed E-state index contributed by atoms with van der Waals surface area (Å²) in [4.78, 5) is 16.0. The summed E-state index contributed by atoms with van der Waals surface area (Å²) in [6, 6.07) is 6.98. The number of para-hydroxylation sites is 1. The van der Waals surface area contributed by atoms with Crippen molar-refractivity contribution in [1.29, 1.82) is 0 Å². The first kappa shape index (κ1) is 13.6. The van der Waals surface area contributed by atoms with Crippen molar-refractivity contribution in [1.82, 2.24) is 4.98 Å². The molecule has 0 atom stereocenters. The third kappa shape index (κ3) is 2.79. The average molecular weight is 280 g/mol. The fraction of sp³-hybridized carbons (Fsp3) is 0.286. The van der Waals surface area contributed by atoms with Gasteiger partial charge >= 0.3 is 5.97 Å². The van der Waals surface area contributed by atoms with Crippen LogP contribution >= 0.6 is 11.6 Å². The Morgan fingerprint density at radius 2 is 2.11 bits per heavy atom. The molecule has 0 amide bonds. The summed E-state index contributed by atoms with van der Waals surface area (Å²) in [6.45, 7) is 4.41. The number of ether oxygens (including phenoxy) is 2. The van der Waals surface area contributed by atoms with E-state index in [9.17, 15) is 4.79 Å². The SMILES string of the molecule is CCOC(=O)c1cc(OCC)c2cccc(Cl)c2n1. The third-order valence-corrected chi connectivity index (χ3v) is 2.84. The molecule has 5 heteroatoms. The van der Waals surface area contributed by atoms with Crippen molar-refractivity contribution in [2.24, 2.45) is 0 Å². The number of esters is 1. The number of benzene rings is 1. The number of hydrogen-bond donors (Lipinski definition) is 0. The molecule has 1 heterocycles. The summed E-state index contributed by atoms with van der Waals surface area (Å²) in [7, 11) is 0. The van der Waals surface area contributed by atoms with E-state index in [4.69, 9.17) is 21.1 Å². The Labute approximate surface area is 116 Å². The molecule has 0 aliphatic carbocycles. The second kappa shape index (κ2) is 5.89. The third-order valence-electron chi connectivity index (χ3n) is 2.54. The largest absolute Gasteiger partial charge is 0.493 e. The van der Waals surface area contributed by atoms with E-state index in [1.807, 2.05) is 19.1 Å². The number of pyridine rings is 1. The van der Waals surface area contributed by atoms with E-state index in [0.29, 0.717) is 29.5 Å². The van der Waals surface area contributed by atoms with Crippen molar-refractivity contribution >= 4 is 28.5 Å². The quantitative estimate of drug-likeness (QED) is 0.804. The molecule has 1 aromatic carbocycles. The number of aromatic nitrogens is 1. The summed E-state index contributed by atoms with van der Waals surface area (Å²) in [5.41, 5.74) is 0.740. The number of nitrogens with zero attached hydrogens (tertiary/aromatic N) is 1. The van der Waals surface area contributed by atoms with Gasteiger partial charge in [-0.3, -0.25) is 0 Å². The van der Waals surface area contributed by atoms with Crippen LogP contribution in [0.4, 0.5) is 0 Å². The molecule has 0 unspecified atom stereocenters. The number of carbonyl (C=O) groups is 1. The molecule has 100 valence electrons. The Hall–Kier alpha value is -1.81. The first-order valence-electron chi connectivity index (χ1n) is 6.06. The van der Waals surface area contributed by atoms with E-state index >= 15 is 0 Å². The smallest absolute Gasteiger partial charge is 0.357 e. The highest BCUT2D eigenvalue weighted by Gasteiger charge is 2.15. The zero-order chi connectivity index (χ0) is 13.8. The number of carbonyl (C=O) groups excluding carboxylic acids is 1. The number of fused-ring (bicyclic) bond motifs is 1. The summed E-state index contributed by atoms with van der Waals surface area (Å²) in [5, 5.41) is 1.26. The Morgan fingerprint density at radius 3 is 2.79 bits per heavy atom. The maximum Gasteiger partial charge on any atom is 0.357 e. The van der Waals surface area contributed by atoms with Gasteiger partial charge in [0.15, 0.2) is 5.69 Å². The highest BCUT2D eigenvalue weighted by atomic mass is 35.5. The molecule has 0 spiro atoms. The normalized spacial score (nSPS) is 10.5. The molecular formula is C14H14ClNO3. The molecule has 0 bridgehead atoms. The van der Waals surface area contributed by atoms with Crippen LogP contribution in [0, 0.1) is 0 Å². The van der Waals surface area contributed by atoms with Crippen LogP contribution in [0.15, 0.2) is 24.3 Å². The lowest BCUT2D eigenvalue weighted by atomic mass is 10.2. The van der Waals surface area contributed by atoms with Gasteiger partial charge in [0, 0.05) is 11.5 Å². The molecule has 4 nitrogen and oxygen atoms in total. The summed E-state index contributed by atoms with van der Waals surface area (Å²) < 4.78 is 10.5. The van der Waals surface area contributed by atoms with E-state index in [-0.39, 0.29) is 5.69 Å². The van der Waals surface area contributed by atoms with Gasteiger partial charge in [0.25, 0.3) is 0 Å². The molecule has 1 aromatic heterocycles. The van der Waals surface area contributed by atoms with Gasteiger partial charge in [0.05, 0.1) is 23.8 Å². The first-order valence-corrected chi connectivity index (χ1v) is 6.44. The average Bonchev–Trinajstić information content (AvgIpc) is 2.40. The minimum absolute atomic E-state index is 0.200. The topological polar surface area (TPSA) is 48.4 Å². The fourth-order valence-electron chi connectivity index (χ4n) is 1.77. The van der Waals surface area contributed by atoms with Crippen LogP contribution in [0.1, 0.15) is 24.3 Å². The number of rotatable bonds is 4. The second-order valence-electron chi connectivity index (χ2n) is 3.80. The van der Waals surface area contributed by atoms with Gasteiger partial charge in [0.2, 0.25) is 0 Å². The van der Waals surface area contributed by atoms with Crippen LogP contribution in [-0.2, 0) is 4.74 Å². The molecule has 0 N–H and O–H groups in total. The number of halogens is 1. The predicted molar refractivity (Wildman–Crippen MR) is 73.9 cm³/mol. The minimum Gasteiger partial charge on any atom is -0.493 e. The minimum atomic E-state index is -0.481. The van der Waals surface area contributed by atoms with E-state index in [1.165, 1.54) is 0 Å². The van der Waals surface area contributed by atoms with Gasteiger partial charge in [-0.2, -0.15) is 0 Å². The lowest BCUT2D eigenvalue weighted by Crippen LogP contribution is -2.08. The molecule has 0 radical (unpaired) electrons. The molecule has 0 fully saturated rings. The van der Waals surface area contributed by atoms with Crippen LogP contribution in [0.5, 0.6) is 5.75 Å². The lowest BCUT2D eigenvalue weighted by molar-refractivity contribution is 0.0519. The molecule has 19 heavy (non-hydrogen) atoms. The lowest BCUT2D eigenvalue weighted by Gasteiger charge is -2.10. The monoisotopic (exact) mass is 279 g/mol. The summed E-state index contributed by atoms with van der Waals surface area (Å²) >= 11 is 6.11. The fourth-order valence-corrected chi connectivity index (χ4v) is 1.98. The van der Waals surface area contributed by atoms with Gasteiger partial charge < -0.3 is 9.47 Å². The van der Waals surface area contributed by atoms with Crippen molar-refractivity contribution in [3.8, 4) is 5.75 Å². The van der Waals surface area contributed by atoms with Gasteiger partial charge in [-0.25, -0.2) is 9.78 Å². The van der Waals surface area contributed by atoms with Crippen LogP contribution < -0.4 is 4.74 Å². The molecule has 0 saturated carbocycles. The zero-order valence-electron chi connectivity index (χ0n) is 10.8. The zero-order valence-corrected chi connectivity index (χ0v) is 11.5. The number of hydrogen-bond acceptors (Lipinski definition) is 4. The maximum absolute atomic E-state index is 11.8.